The minimum Gasteiger partial charge on any atom is -0.450 e. The standard InChI is InChI=1S/C16H23N3O5S/c1-4-24-16(21)19-11-9-18(10-12-19)15(20)13-5-7-14(8-6-13)17(2)25(3,22)23/h5-8H,4,9-12H2,1-3H3. The van der Waals surface area contributed by atoms with Gasteiger partial charge in [-0.1, -0.05) is 0 Å². The molecule has 9 heteroatoms. The SMILES string of the molecule is CCOC(=O)N1CCN(C(=O)c2ccc(N(C)S(C)(=O)=O)cc2)CC1. The summed E-state index contributed by atoms with van der Waals surface area (Å²) in [5.74, 6) is -0.142. The van der Waals surface area contributed by atoms with Crippen LogP contribution in [0.15, 0.2) is 24.3 Å². The molecular formula is C16H23N3O5S. The molecule has 8 nitrogen and oxygen atoms in total. The zero-order valence-electron chi connectivity index (χ0n) is 14.6. The molecule has 1 heterocycles. The van der Waals surface area contributed by atoms with Crippen molar-refractivity contribution in [2.45, 2.75) is 6.92 Å². The maximum Gasteiger partial charge on any atom is 0.409 e. The number of piperazine rings is 1. The summed E-state index contributed by atoms with van der Waals surface area (Å²) in [5.41, 5.74) is 0.974. The molecule has 138 valence electrons. The summed E-state index contributed by atoms with van der Waals surface area (Å²) in [4.78, 5) is 27.5. The zero-order chi connectivity index (χ0) is 18.6. The molecule has 2 amide bonds. The van der Waals surface area contributed by atoms with Crippen molar-refractivity contribution in [1.82, 2.24) is 9.80 Å². The van der Waals surface area contributed by atoms with Crippen molar-refractivity contribution < 1.29 is 22.7 Å². The summed E-state index contributed by atoms with van der Waals surface area (Å²) in [7, 11) is -1.88. The molecule has 25 heavy (non-hydrogen) atoms. The highest BCUT2D eigenvalue weighted by Gasteiger charge is 2.25. The molecule has 0 unspecified atom stereocenters. The molecule has 0 aromatic heterocycles. The largest absolute Gasteiger partial charge is 0.450 e. The van der Waals surface area contributed by atoms with Crippen LogP contribution in [0.25, 0.3) is 0 Å². The number of rotatable bonds is 4. The van der Waals surface area contributed by atoms with Crippen LogP contribution in [0.4, 0.5) is 10.5 Å². The maximum absolute atomic E-state index is 12.5. The summed E-state index contributed by atoms with van der Waals surface area (Å²) < 4.78 is 29.2. The smallest absolute Gasteiger partial charge is 0.409 e. The van der Waals surface area contributed by atoms with Crippen molar-refractivity contribution in [2.75, 3.05) is 50.4 Å². The van der Waals surface area contributed by atoms with Crippen LogP contribution in [0, 0.1) is 0 Å². The molecule has 1 aliphatic heterocycles. The van der Waals surface area contributed by atoms with Gasteiger partial charge in [0.1, 0.15) is 0 Å². The van der Waals surface area contributed by atoms with Crippen LogP contribution in [0.1, 0.15) is 17.3 Å². The number of sulfonamides is 1. The average molecular weight is 369 g/mol. The van der Waals surface area contributed by atoms with Gasteiger partial charge in [0.15, 0.2) is 0 Å². The van der Waals surface area contributed by atoms with Crippen molar-refractivity contribution in [2.24, 2.45) is 0 Å². The summed E-state index contributed by atoms with van der Waals surface area (Å²) >= 11 is 0. The summed E-state index contributed by atoms with van der Waals surface area (Å²) in [6.45, 7) is 3.80. The molecule has 1 fully saturated rings. The lowest BCUT2D eigenvalue weighted by atomic mass is 10.1. The van der Waals surface area contributed by atoms with E-state index in [9.17, 15) is 18.0 Å². The fourth-order valence-electron chi connectivity index (χ4n) is 2.49. The minimum absolute atomic E-state index is 0.142. The Labute approximate surface area is 148 Å². The van der Waals surface area contributed by atoms with Crippen LogP contribution in [0.5, 0.6) is 0 Å². The Morgan fingerprint density at radius 2 is 1.60 bits per heavy atom. The molecule has 0 spiro atoms. The van der Waals surface area contributed by atoms with Gasteiger partial charge in [-0.25, -0.2) is 13.2 Å². The van der Waals surface area contributed by atoms with E-state index in [1.54, 1.807) is 41.0 Å². The van der Waals surface area contributed by atoms with Gasteiger partial charge in [0.2, 0.25) is 10.0 Å². The van der Waals surface area contributed by atoms with Gasteiger partial charge >= 0.3 is 6.09 Å². The molecule has 0 bridgehead atoms. The summed E-state index contributed by atoms with van der Waals surface area (Å²) in [6.07, 6.45) is 0.762. The third-order valence-electron chi connectivity index (χ3n) is 4.07. The molecule has 0 saturated carbocycles. The van der Waals surface area contributed by atoms with E-state index in [4.69, 9.17) is 4.74 Å². The summed E-state index contributed by atoms with van der Waals surface area (Å²) in [6, 6.07) is 6.42. The topological polar surface area (TPSA) is 87.2 Å². The van der Waals surface area contributed by atoms with Gasteiger partial charge < -0.3 is 14.5 Å². The highest BCUT2D eigenvalue weighted by atomic mass is 32.2. The molecule has 0 radical (unpaired) electrons. The van der Waals surface area contributed by atoms with Crippen molar-refractivity contribution in [1.29, 1.82) is 0 Å². The van der Waals surface area contributed by atoms with E-state index in [-0.39, 0.29) is 12.0 Å². The second kappa shape index (κ2) is 7.73. The van der Waals surface area contributed by atoms with Gasteiger partial charge in [0.25, 0.3) is 5.91 Å². The third-order valence-corrected chi connectivity index (χ3v) is 5.27. The van der Waals surface area contributed by atoms with Gasteiger partial charge in [-0.2, -0.15) is 0 Å². The van der Waals surface area contributed by atoms with E-state index in [0.717, 1.165) is 10.6 Å². The van der Waals surface area contributed by atoms with Crippen LogP contribution >= 0.6 is 0 Å². The van der Waals surface area contributed by atoms with Gasteiger partial charge in [-0.3, -0.25) is 9.10 Å². The van der Waals surface area contributed by atoms with E-state index in [2.05, 4.69) is 0 Å². The molecule has 0 atom stereocenters. The molecule has 1 aromatic carbocycles. The van der Waals surface area contributed by atoms with Crippen molar-refractivity contribution in [3.63, 3.8) is 0 Å². The van der Waals surface area contributed by atoms with Gasteiger partial charge in [0, 0.05) is 38.8 Å². The number of carbonyl (C=O) groups excluding carboxylic acids is 2. The number of carbonyl (C=O) groups is 2. The number of nitrogens with zero attached hydrogens (tertiary/aromatic N) is 3. The maximum atomic E-state index is 12.5. The Kier molecular flexibility index (Phi) is 5.89. The van der Waals surface area contributed by atoms with Gasteiger partial charge in [-0.05, 0) is 31.2 Å². The third kappa shape index (κ3) is 4.62. The second-order valence-corrected chi connectivity index (χ2v) is 7.77. The first kappa shape index (κ1) is 19.0. The lowest BCUT2D eigenvalue weighted by Crippen LogP contribution is -2.50. The second-order valence-electron chi connectivity index (χ2n) is 5.76. The van der Waals surface area contributed by atoms with E-state index in [1.165, 1.54) is 7.05 Å². The van der Waals surface area contributed by atoms with Crippen LogP contribution in [-0.2, 0) is 14.8 Å². The van der Waals surface area contributed by atoms with Crippen LogP contribution in [-0.4, -0.2) is 76.3 Å². The predicted molar refractivity (Wildman–Crippen MR) is 94.2 cm³/mol. The predicted octanol–water partition coefficient (Wildman–Crippen LogP) is 0.997. The average Bonchev–Trinajstić information content (AvgIpc) is 2.60. The normalized spacial score (nSPS) is 15.0. The number of hydrogen-bond acceptors (Lipinski definition) is 5. The first-order chi connectivity index (χ1) is 11.7. The van der Waals surface area contributed by atoms with Gasteiger partial charge in [0.05, 0.1) is 18.6 Å². The highest BCUT2D eigenvalue weighted by Crippen LogP contribution is 2.18. The van der Waals surface area contributed by atoms with E-state index < -0.39 is 10.0 Å². The minimum atomic E-state index is -3.34. The zero-order valence-corrected chi connectivity index (χ0v) is 15.5. The fourth-order valence-corrected chi connectivity index (χ4v) is 3.00. The Bertz CT molecular complexity index is 725. The molecule has 1 saturated heterocycles. The molecule has 2 rings (SSSR count). The quantitative estimate of drug-likeness (QED) is 0.790. The lowest BCUT2D eigenvalue weighted by Gasteiger charge is -2.34. The van der Waals surface area contributed by atoms with E-state index >= 15 is 0 Å². The molecule has 1 aromatic rings. The number of hydrogen-bond donors (Lipinski definition) is 0. The Morgan fingerprint density at radius 3 is 2.08 bits per heavy atom. The summed E-state index contributed by atoms with van der Waals surface area (Å²) in [5, 5.41) is 0. The van der Waals surface area contributed by atoms with Crippen molar-refractivity contribution >= 4 is 27.7 Å². The van der Waals surface area contributed by atoms with Crippen molar-refractivity contribution in [3.8, 4) is 0 Å². The first-order valence-electron chi connectivity index (χ1n) is 7.99. The van der Waals surface area contributed by atoms with Crippen LogP contribution in [0.3, 0.4) is 0 Å². The molecule has 1 aliphatic rings. The van der Waals surface area contributed by atoms with E-state index in [1.807, 2.05) is 0 Å². The Hall–Kier alpha value is -2.29. The molecule has 0 N–H and O–H groups in total. The number of ether oxygens (including phenoxy) is 1. The number of anilines is 1. The highest BCUT2D eigenvalue weighted by molar-refractivity contribution is 7.92. The number of benzene rings is 1. The Balaban J connectivity index is 1.99. The van der Waals surface area contributed by atoms with Crippen molar-refractivity contribution in [3.05, 3.63) is 29.8 Å². The fraction of sp³-hybridized carbons (Fsp3) is 0.500. The molecular weight excluding hydrogens is 346 g/mol. The Morgan fingerprint density at radius 1 is 1.08 bits per heavy atom. The van der Waals surface area contributed by atoms with Crippen LogP contribution in [0.2, 0.25) is 0 Å². The van der Waals surface area contributed by atoms with E-state index in [0.29, 0.717) is 44.0 Å². The lowest BCUT2D eigenvalue weighted by molar-refractivity contribution is 0.0570. The monoisotopic (exact) mass is 369 g/mol. The first-order valence-corrected chi connectivity index (χ1v) is 9.83. The molecule has 0 aliphatic carbocycles. The number of amides is 2. The van der Waals surface area contributed by atoms with Crippen LogP contribution < -0.4 is 4.31 Å². The van der Waals surface area contributed by atoms with Gasteiger partial charge in [-0.15, -0.1) is 0 Å².